The molecule has 110 valence electrons. The molecule has 5 heteroatoms. The van der Waals surface area contributed by atoms with Crippen LogP contribution in [-0.2, 0) is 22.4 Å². The second-order valence-electron chi connectivity index (χ2n) is 5.32. The van der Waals surface area contributed by atoms with Gasteiger partial charge in [-0.15, -0.1) is 12.4 Å². The van der Waals surface area contributed by atoms with Crippen LogP contribution in [0.15, 0.2) is 18.2 Å². The number of amides is 1. The van der Waals surface area contributed by atoms with Gasteiger partial charge < -0.3 is 15.4 Å². The quantitative estimate of drug-likeness (QED) is 0.896. The first-order chi connectivity index (χ1) is 9.31. The molecule has 0 radical (unpaired) electrons. The number of morpholine rings is 1. The molecule has 1 aromatic carbocycles. The summed E-state index contributed by atoms with van der Waals surface area (Å²) in [5.41, 5.74) is 3.74. The highest BCUT2D eigenvalue weighted by atomic mass is 35.5. The Kier molecular flexibility index (Phi) is 5.40. The van der Waals surface area contributed by atoms with E-state index in [4.69, 9.17) is 4.74 Å². The van der Waals surface area contributed by atoms with Gasteiger partial charge in [-0.25, -0.2) is 0 Å². The molecule has 1 aliphatic carbocycles. The number of anilines is 1. The van der Waals surface area contributed by atoms with Crippen LogP contribution in [0.3, 0.4) is 0 Å². The van der Waals surface area contributed by atoms with Gasteiger partial charge in [-0.1, -0.05) is 6.07 Å². The average molecular weight is 297 g/mol. The number of halogens is 1. The molecule has 20 heavy (non-hydrogen) atoms. The van der Waals surface area contributed by atoms with Gasteiger partial charge >= 0.3 is 0 Å². The Hall–Kier alpha value is -1.10. The number of fused-ring (bicyclic) bond motifs is 1. The van der Waals surface area contributed by atoms with Crippen molar-refractivity contribution in [1.29, 1.82) is 0 Å². The lowest BCUT2D eigenvalue weighted by Crippen LogP contribution is -2.43. The van der Waals surface area contributed by atoms with Crippen LogP contribution < -0.4 is 10.6 Å². The third kappa shape index (κ3) is 3.72. The topological polar surface area (TPSA) is 50.4 Å². The Labute approximate surface area is 125 Å². The minimum atomic E-state index is 0. The van der Waals surface area contributed by atoms with E-state index in [1.165, 1.54) is 24.0 Å². The van der Waals surface area contributed by atoms with Gasteiger partial charge in [0.05, 0.1) is 13.2 Å². The highest BCUT2D eigenvalue weighted by Gasteiger charge is 2.17. The van der Waals surface area contributed by atoms with E-state index in [0.29, 0.717) is 13.0 Å². The van der Waals surface area contributed by atoms with Gasteiger partial charge in [0.25, 0.3) is 0 Å². The van der Waals surface area contributed by atoms with E-state index in [9.17, 15) is 4.79 Å². The van der Waals surface area contributed by atoms with Crippen molar-refractivity contribution in [2.45, 2.75) is 31.7 Å². The molecule has 1 heterocycles. The summed E-state index contributed by atoms with van der Waals surface area (Å²) in [5.74, 6) is 0.0564. The van der Waals surface area contributed by atoms with E-state index in [1.807, 2.05) is 6.07 Å². The predicted octanol–water partition coefficient (Wildman–Crippen LogP) is 1.91. The van der Waals surface area contributed by atoms with E-state index < -0.39 is 0 Å². The summed E-state index contributed by atoms with van der Waals surface area (Å²) in [5, 5.41) is 6.28. The first-order valence-electron chi connectivity index (χ1n) is 7.04. The zero-order valence-corrected chi connectivity index (χ0v) is 12.3. The number of hydrogen-bond acceptors (Lipinski definition) is 3. The minimum absolute atomic E-state index is 0. The molecular weight excluding hydrogens is 276 g/mol. The fraction of sp³-hybridized carbons (Fsp3) is 0.533. The molecule has 1 atom stereocenters. The molecule has 4 nitrogen and oxygen atoms in total. The maximum absolute atomic E-state index is 12.0. The summed E-state index contributed by atoms with van der Waals surface area (Å²) in [6.45, 7) is 2.19. The zero-order valence-electron chi connectivity index (χ0n) is 11.5. The van der Waals surface area contributed by atoms with Crippen molar-refractivity contribution < 1.29 is 9.53 Å². The first-order valence-corrected chi connectivity index (χ1v) is 7.04. The summed E-state index contributed by atoms with van der Waals surface area (Å²) >= 11 is 0. The smallest absolute Gasteiger partial charge is 0.226 e. The van der Waals surface area contributed by atoms with Crippen LogP contribution in [0.5, 0.6) is 0 Å². The fourth-order valence-electron chi connectivity index (χ4n) is 2.84. The normalized spacial score (nSPS) is 20.9. The van der Waals surface area contributed by atoms with E-state index in [1.54, 1.807) is 0 Å². The van der Waals surface area contributed by atoms with Crippen molar-refractivity contribution in [3.05, 3.63) is 29.3 Å². The van der Waals surface area contributed by atoms with Crippen molar-refractivity contribution in [2.24, 2.45) is 0 Å². The minimum Gasteiger partial charge on any atom is -0.378 e. The lowest BCUT2D eigenvalue weighted by atomic mass is 10.1. The summed E-state index contributed by atoms with van der Waals surface area (Å²) in [6.07, 6.45) is 4.01. The Morgan fingerprint density at radius 2 is 2.20 bits per heavy atom. The number of ether oxygens (including phenoxy) is 1. The second kappa shape index (κ2) is 7.07. The van der Waals surface area contributed by atoms with Crippen LogP contribution in [0.2, 0.25) is 0 Å². The molecule has 1 aliphatic heterocycles. The van der Waals surface area contributed by atoms with Gasteiger partial charge in [0, 0.05) is 24.7 Å². The molecule has 0 aromatic heterocycles. The summed E-state index contributed by atoms with van der Waals surface area (Å²) in [4.78, 5) is 12.0. The molecule has 1 saturated heterocycles. The maximum Gasteiger partial charge on any atom is 0.226 e. The highest BCUT2D eigenvalue weighted by molar-refractivity contribution is 5.91. The fourth-order valence-corrected chi connectivity index (χ4v) is 2.84. The standard InChI is InChI=1S/C15H20N2O2.ClH/c18-15(9-14-10-19-7-6-16-14)17-13-5-4-11-2-1-3-12(11)8-13;/h4-5,8,14,16H,1-3,6-7,9-10H2,(H,17,18);1H. The molecule has 1 unspecified atom stereocenters. The van der Waals surface area contributed by atoms with Gasteiger partial charge in [0.1, 0.15) is 0 Å². The largest absolute Gasteiger partial charge is 0.378 e. The number of aryl methyl sites for hydroxylation is 2. The molecule has 0 bridgehead atoms. The van der Waals surface area contributed by atoms with Gasteiger partial charge in [-0.05, 0) is 42.5 Å². The van der Waals surface area contributed by atoms with Crippen LogP contribution in [0.25, 0.3) is 0 Å². The van der Waals surface area contributed by atoms with E-state index in [0.717, 1.165) is 25.3 Å². The Morgan fingerprint density at radius 3 is 3.00 bits per heavy atom. The summed E-state index contributed by atoms with van der Waals surface area (Å²) in [7, 11) is 0. The molecule has 1 fully saturated rings. The number of nitrogens with one attached hydrogen (secondary N) is 2. The predicted molar refractivity (Wildman–Crippen MR) is 81.6 cm³/mol. The highest BCUT2D eigenvalue weighted by Crippen LogP contribution is 2.24. The molecule has 0 saturated carbocycles. The Morgan fingerprint density at radius 1 is 1.35 bits per heavy atom. The van der Waals surface area contributed by atoms with Gasteiger partial charge in [-0.3, -0.25) is 4.79 Å². The van der Waals surface area contributed by atoms with Crippen LogP contribution >= 0.6 is 12.4 Å². The van der Waals surface area contributed by atoms with E-state index >= 15 is 0 Å². The first kappa shape index (κ1) is 15.3. The van der Waals surface area contributed by atoms with Crippen molar-refractivity contribution >= 4 is 24.0 Å². The van der Waals surface area contributed by atoms with Crippen molar-refractivity contribution in [3.8, 4) is 0 Å². The lowest BCUT2D eigenvalue weighted by molar-refractivity contribution is -0.117. The summed E-state index contributed by atoms with van der Waals surface area (Å²) in [6, 6.07) is 6.40. The Bertz CT molecular complexity index is 473. The molecule has 1 amide bonds. The Balaban J connectivity index is 0.00000147. The number of benzene rings is 1. The average Bonchev–Trinajstić information content (AvgIpc) is 2.87. The third-order valence-electron chi connectivity index (χ3n) is 3.81. The van der Waals surface area contributed by atoms with Crippen LogP contribution in [0, 0.1) is 0 Å². The molecule has 1 aromatic rings. The number of hydrogen-bond donors (Lipinski definition) is 2. The van der Waals surface area contributed by atoms with Crippen molar-refractivity contribution in [3.63, 3.8) is 0 Å². The van der Waals surface area contributed by atoms with Crippen LogP contribution in [0.1, 0.15) is 24.0 Å². The van der Waals surface area contributed by atoms with Crippen LogP contribution in [-0.4, -0.2) is 31.7 Å². The summed E-state index contributed by atoms with van der Waals surface area (Å²) < 4.78 is 5.35. The van der Waals surface area contributed by atoms with Crippen molar-refractivity contribution in [2.75, 3.05) is 25.1 Å². The van der Waals surface area contributed by atoms with E-state index in [-0.39, 0.29) is 24.4 Å². The number of rotatable bonds is 3. The number of carbonyl (C=O) groups is 1. The third-order valence-corrected chi connectivity index (χ3v) is 3.81. The zero-order chi connectivity index (χ0) is 13.1. The molecule has 3 rings (SSSR count). The molecule has 2 aliphatic rings. The molecular formula is C15H21ClN2O2. The van der Waals surface area contributed by atoms with Gasteiger partial charge in [-0.2, -0.15) is 0 Å². The monoisotopic (exact) mass is 296 g/mol. The maximum atomic E-state index is 12.0. The SMILES string of the molecule is Cl.O=C(CC1COCCN1)Nc1ccc2c(c1)CCC2. The lowest BCUT2D eigenvalue weighted by Gasteiger charge is -2.23. The van der Waals surface area contributed by atoms with Gasteiger partial charge in [0.2, 0.25) is 5.91 Å². The van der Waals surface area contributed by atoms with Crippen LogP contribution in [0.4, 0.5) is 5.69 Å². The van der Waals surface area contributed by atoms with E-state index in [2.05, 4.69) is 22.8 Å². The second-order valence-corrected chi connectivity index (χ2v) is 5.32. The van der Waals surface area contributed by atoms with Gasteiger partial charge in [0.15, 0.2) is 0 Å². The van der Waals surface area contributed by atoms with Crippen molar-refractivity contribution in [1.82, 2.24) is 5.32 Å². The molecule has 2 N–H and O–H groups in total. The number of carbonyl (C=O) groups excluding carboxylic acids is 1. The molecule has 0 spiro atoms.